The van der Waals surface area contributed by atoms with Gasteiger partial charge in [0.25, 0.3) is 0 Å². The van der Waals surface area contributed by atoms with Crippen LogP contribution in [-0.2, 0) is 6.42 Å². The van der Waals surface area contributed by atoms with E-state index >= 15 is 0 Å². The summed E-state index contributed by atoms with van der Waals surface area (Å²) < 4.78 is 11.6. The predicted molar refractivity (Wildman–Crippen MR) is 77.9 cm³/mol. The largest absolute Gasteiger partial charge is 0.490 e. The molecule has 0 radical (unpaired) electrons. The molecule has 1 atom stereocenters. The van der Waals surface area contributed by atoms with Crippen molar-refractivity contribution in [3.63, 3.8) is 0 Å². The number of nitrogens with two attached hydrogens (primary N) is 1. The van der Waals surface area contributed by atoms with Crippen molar-refractivity contribution in [2.45, 2.75) is 52.0 Å². The standard InChI is InChI=1S/C16H25NO2/c1-3-8-18-15-10-12-6-5-7-14(17)13(12)11-16(15)19-9-4-2/h10-11,14H,3-9,17H2,1-2H3/t14-/m1/s1. The number of rotatable bonds is 6. The second-order valence-corrected chi connectivity index (χ2v) is 5.19. The Bertz CT molecular complexity index is 417. The Labute approximate surface area is 116 Å². The Morgan fingerprint density at radius 3 is 2.37 bits per heavy atom. The van der Waals surface area contributed by atoms with Crippen LogP contribution in [0.2, 0.25) is 0 Å². The lowest BCUT2D eigenvalue weighted by molar-refractivity contribution is 0.267. The van der Waals surface area contributed by atoms with E-state index in [0.717, 1.165) is 56.8 Å². The van der Waals surface area contributed by atoms with Gasteiger partial charge in [-0.3, -0.25) is 0 Å². The second-order valence-electron chi connectivity index (χ2n) is 5.19. The average Bonchev–Trinajstić information content (AvgIpc) is 2.43. The van der Waals surface area contributed by atoms with E-state index < -0.39 is 0 Å². The summed E-state index contributed by atoms with van der Waals surface area (Å²) in [6.45, 7) is 5.67. The number of hydrogen-bond acceptors (Lipinski definition) is 3. The van der Waals surface area contributed by atoms with Gasteiger partial charge in [0.15, 0.2) is 11.5 Å². The van der Waals surface area contributed by atoms with Gasteiger partial charge in [0.2, 0.25) is 0 Å². The first kappa shape index (κ1) is 14.2. The van der Waals surface area contributed by atoms with E-state index in [1.165, 1.54) is 11.1 Å². The molecule has 2 rings (SSSR count). The highest BCUT2D eigenvalue weighted by Crippen LogP contribution is 2.37. The fourth-order valence-corrected chi connectivity index (χ4v) is 2.50. The molecule has 0 aliphatic heterocycles. The molecule has 0 heterocycles. The lowest BCUT2D eigenvalue weighted by Crippen LogP contribution is -2.18. The highest BCUT2D eigenvalue weighted by Gasteiger charge is 2.20. The van der Waals surface area contributed by atoms with Crippen LogP contribution in [0.25, 0.3) is 0 Å². The molecule has 1 aliphatic carbocycles. The zero-order valence-electron chi connectivity index (χ0n) is 12.1. The fourth-order valence-electron chi connectivity index (χ4n) is 2.50. The van der Waals surface area contributed by atoms with Crippen LogP contribution in [0, 0.1) is 0 Å². The minimum Gasteiger partial charge on any atom is -0.490 e. The van der Waals surface area contributed by atoms with Crippen molar-refractivity contribution >= 4 is 0 Å². The third-order valence-corrected chi connectivity index (χ3v) is 3.49. The van der Waals surface area contributed by atoms with E-state index in [1.807, 2.05) is 0 Å². The fraction of sp³-hybridized carbons (Fsp3) is 0.625. The zero-order valence-corrected chi connectivity index (χ0v) is 12.1. The minimum absolute atomic E-state index is 0.146. The van der Waals surface area contributed by atoms with Crippen LogP contribution in [0.1, 0.15) is 56.7 Å². The molecule has 1 aromatic carbocycles. The van der Waals surface area contributed by atoms with Gasteiger partial charge in [-0.15, -0.1) is 0 Å². The van der Waals surface area contributed by atoms with Gasteiger partial charge in [0.1, 0.15) is 0 Å². The first-order chi connectivity index (χ1) is 9.26. The third-order valence-electron chi connectivity index (χ3n) is 3.49. The van der Waals surface area contributed by atoms with Gasteiger partial charge < -0.3 is 15.2 Å². The third kappa shape index (κ3) is 3.41. The minimum atomic E-state index is 0.146. The number of fused-ring (bicyclic) bond motifs is 1. The monoisotopic (exact) mass is 263 g/mol. The van der Waals surface area contributed by atoms with Crippen LogP contribution in [0.15, 0.2) is 12.1 Å². The van der Waals surface area contributed by atoms with E-state index in [-0.39, 0.29) is 6.04 Å². The van der Waals surface area contributed by atoms with Crippen molar-refractivity contribution in [1.82, 2.24) is 0 Å². The quantitative estimate of drug-likeness (QED) is 0.853. The lowest BCUT2D eigenvalue weighted by Gasteiger charge is -2.24. The molecule has 3 nitrogen and oxygen atoms in total. The maximum atomic E-state index is 6.20. The maximum Gasteiger partial charge on any atom is 0.161 e. The van der Waals surface area contributed by atoms with Gasteiger partial charge in [0.05, 0.1) is 13.2 Å². The summed E-state index contributed by atoms with van der Waals surface area (Å²) in [4.78, 5) is 0. The molecule has 0 saturated carbocycles. The second kappa shape index (κ2) is 6.80. The first-order valence-electron chi connectivity index (χ1n) is 7.44. The predicted octanol–water partition coefficient (Wildman–Crippen LogP) is 3.60. The van der Waals surface area contributed by atoms with Crippen LogP contribution < -0.4 is 15.2 Å². The van der Waals surface area contributed by atoms with Crippen LogP contribution in [0.4, 0.5) is 0 Å². The van der Waals surface area contributed by atoms with Crippen molar-refractivity contribution < 1.29 is 9.47 Å². The summed E-state index contributed by atoms with van der Waals surface area (Å²) in [5, 5.41) is 0. The van der Waals surface area contributed by atoms with Gasteiger partial charge >= 0.3 is 0 Å². The summed E-state index contributed by atoms with van der Waals surface area (Å²) in [7, 11) is 0. The molecule has 1 aromatic rings. The van der Waals surface area contributed by atoms with Crippen molar-refractivity contribution in [2.75, 3.05) is 13.2 Å². The Morgan fingerprint density at radius 1 is 1.11 bits per heavy atom. The zero-order chi connectivity index (χ0) is 13.7. The molecule has 19 heavy (non-hydrogen) atoms. The number of benzene rings is 1. The van der Waals surface area contributed by atoms with Crippen molar-refractivity contribution in [3.8, 4) is 11.5 Å². The SMILES string of the molecule is CCCOc1cc2c(cc1OCCC)[C@H](N)CCC2. The Balaban J connectivity index is 2.28. The van der Waals surface area contributed by atoms with Gasteiger partial charge in [-0.05, 0) is 55.4 Å². The molecule has 0 bridgehead atoms. The molecule has 2 N–H and O–H groups in total. The van der Waals surface area contributed by atoms with Crippen molar-refractivity contribution in [1.29, 1.82) is 0 Å². The summed E-state index contributed by atoms with van der Waals surface area (Å²) >= 11 is 0. The molecule has 0 aromatic heterocycles. The number of ether oxygens (including phenoxy) is 2. The molecule has 0 spiro atoms. The Kier molecular flexibility index (Phi) is 5.08. The molecule has 3 heteroatoms. The number of hydrogen-bond donors (Lipinski definition) is 1. The van der Waals surface area contributed by atoms with Gasteiger partial charge in [-0.2, -0.15) is 0 Å². The van der Waals surface area contributed by atoms with Gasteiger partial charge in [-0.1, -0.05) is 13.8 Å². The van der Waals surface area contributed by atoms with Crippen LogP contribution in [0.3, 0.4) is 0 Å². The number of aryl methyl sites for hydroxylation is 1. The molecule has 106 valence electrons. The summed E-state index contributed by atoms with van der Waals surface area (Å²) in [6.07, 6.45) is 5.33. The van der Waals surface area contributed by atoms with Crippen LogP contribution in [-0.4, -0.2) is 13.2 Å². The smallest absolute Gasteiger partial charge is 0.161 e. The van der Waals surface area contributed by atoms with E-state index in [0.29, 0.717) is 0 Å². The molecule has 0 unspecified atom stereocenters. The molecular formula is C16H25NO2. The first-order valence-corrected chi connectivity index (χ1v) is 7.44. The molecule has 0 amide bonds. The Morgan fingerprint density at radius 2 is 1.74 bits per heavy atom. The van der Waals surface area contributed by atoms with Crippen LogP contribution in [0.5, 0.6) is 11.5 Å². The molecule has 0 fully saturated rings. The highest BCUT2D eigenvalue weighted by molar-refractivity contribution is 5.49. The lowest BCUT2D eigenvalue weighted by atomic mass is 9.88. The summed E-state index contributed by atoms with van der Waals surface area (Å²) in [6, 6.07) is 4.38. The Hall–Kier alpha value is -1.22. The maximum absolute atomic E-state index is 6.20. The van der Waals surface area contributed by atoms with Gasteiger partial charge in [0, 0.05) is 6.04 Å². The summed E-state index contributed by atoms with van der Waals surface area (Å²) in [5.74, 6) is 1.73. The normalized spacial score (nSPS) is 17.9. The van der Waals surface area contributed by atoms with E-state index in [9.17, 15) is 0 Å². The molecular weight excluding hydrogens is 238 g/mol. The summed E-state index contributed by atoms with van der Waals surface area (Å²) in [5.41, 5.74) is 8.76. The van der Waals surface area contributed by atoms with E-state index in [1.54, 1.807) is 0 Å². The van der Waals surface area contributed by atoms with E-state index in [2.05, 4.69) is 26.0 Å². The van der Waals surface area contributed by atoms with Gasteiger partial charge in [-0.25, -0.2) is 0 Å². The van der Waals surface area contributed by atoms with Crippen LogP contribution >= 0.6 is 0 Å². The molecule has 0 saturated heterocycles. The molecule has 1 aliphatic rings. The topological polar surface area (TPSA) is 44.5 Å². The van der Waals surface area contributed by atoms with Crippen molar-refractivity contribution in [3.05, 3.63) is 23.3 Å². The average molecular weight is 263 g/mol. The highest BCUT2D eigenvalue weighted by atomic mass is 16.5. The van der Waals surface area contributed by atoms with Crippen molar-refractivity contribution in [2.24, 2.45) is 5.73 Å². The van der Waals surface area contributed by atoms with E-state index in [4.69, 9.17) is 15.2 Å².